The highest BCUT2D eigenvalue weighted by atomic mass is 32.1. The van der Waals surface area contributed by atoms with Gasteiger partial charge in [0.15, 0.2) is 10.9 Å². The zero-order valence-electron chi connectivity index (χ0n) is 20.3. The molecular formula is C27H25N5O4S. The lowest BCUT2D eigenvalue weighted by Crippen LogP contribution is -2.44. The Bertz CT molecular complexity index is 1460. The molecule has 0 radical (unpaired) electrons. The number of carbonyl (C=O) groups excluding carboxylic acids is 2. The second kappa shape index (κ2) is 9.29. The van der Waals surface area contributed by atoms with Crippen LogP contribution >= 0.6 is 11.3 Å². The van der Waals surface area contributed by atoms with Crippen molar-refractivity contribution in [3.63, 3.8) is 0 Å². The van der Waals surface area contributed by atoms with Gasteiger partial charge in [0.2, 0.25) is 0 Å². The number of nitrogens with one attached hydrogen (secondary N) is 1. The van der Waals surface area contributed by atoms with Crippen LogP contribution in [0.3, 0.4) is 0 Å². The van der Waals surface area contributed by atoms with E-state index in [-0.39, 0.29) is 34.7 Å². The molecule has 0 unspecified atom stereocenters. The van der Waals surface area contributed by atoms with Gasteiger partial charge in [-0.15, -0.1) is 11.3 Å². The third-order valence-electron chi connectivity index (χ3n) is 6.59. The minimum Gasteiger partial charge on any atom is -0.384 e. The van der Waals surface area contributed by atoms with Crippen molar-refractivity contribution >= 4 is 39.5 Å². The molecule has 2 aliphatic rings. The monoisotopic (exact) mass is 515 g/mol. The zero-order chi connectivity index (χ0) is 26.3. The van der Waals surface area contributed by atoms with E-state index >= 15 is 0 Å². The third-order valence-corrected chi connectivity index (χ3v) is 7.28. The predicted octanol–water partition coefficient (Wildman–Crippen LogP) is 5.11. The average molecular weight is 516 g/mol. The van der Waals surface area contributed by atoms with Crippen LogP contribution in [-0.2, 0) is 9.59 Å². The summed E-state index contributed by atoms with van der Waals surface area (Å²) in [5.74, 6) is -1.34. The summed E-state index contributed by atoms with van der Waals surface area (Å²) in [6.45, 7) is 4.04. The van der Waals surface area contributed by atoms with E-state index in [9.17, 15) is 19.7 Å². The molecule has 1 atom stereocenters. The van der Waals surface area contributed by atoms with Crippen molar-refractivity contribution < 1.29 is 14.5 Å². The number of carbonyl (C=O) groups is 2. The summed E-state index contributed by atoms with van der Waals surface area (Å²) in [7, 11) is 0. The second-order valence-electron chi connectivity index (χ2n) is 9.85. The summed E-state index contributed by atoms with van der Waals surface area (Å²) in [5, 5.41) is 16.5. The largest absolute Gasteiger partial charge is 0.384 e. The molecule has 37 heavy (non-hydrogen) atoms. The lowest BCUT2D eigenvalue weighted by atomic mass is 9.68. The van der Waals surface area contributed by atoms with E-state index in [1.54, 1.807) is 28.6 Å². The van der Waals surface area contributed by atoms with Gasteiger partial charge in [0.25, 0.3) is 11.6 Å². The van der Waals surface area contributed by atoms with E-state index in [1.807, 2.05) is 44.2 Å². The number of rotatable bonds is 5. The van der Waals surface area contributed by atoms with Gasteiger partial charge in [0.05, 0.1) is 10.5 Å². The molecule has 188 valence electrons. The highest BCUT2D eigenvalue weighted by Crippen LogP contribution is 2.50. The van der Waals surface area contributed by atoms with Crippen LogP contribution in [-0.4, -0.2) is 21.6 Å². The number of amides is 1. The number of thiazole rings is 1. The van der Waals surface area contributed by atoms with E-state index in [4.69, 9.17) is 5.73 Å². The van der Waals surface area contributed by atoms with Crippen molar-refractivity contribution in [2.24, 2.45) is 11.1 Å². The Hall–Kier alpha value is -4.31. The van der Waals surface area contributed by atoms with E-state index in [0.29, 0.717) is 28.4 Å². The quantitative estimate of drug-likeness (QED) is 0.357. The molecule has 0 fully saturated rings. The number of non-ortho nitro benzene ring substituents is 1. The summed E-state index contributed by atoms with van der Waals surface area (Å²) >= 11 is 1.25. The number of hydrogen-bond acceptors (Lipinski definition) is 8. The Morgan fingerprint density at radius 3 is 2.62 bits per heavy atom. The van der Waals surface area contributed by atoms with Crippen LogP contribution in [0.2, 0.25) is 0 Å². The number of Topliss-reactive ketones (excluding diaryl/α,β-unsaturated/α-hetero) is 1. The third kappa shape index (κ3) is 4.51. The van der Waals surface area contributed by atoms with Crippen LogP contribution in [0.4, 0.5) is 16.5 Å². The lowest BCUT2D eigenvalue weighted by Gasteiger charge is -2.44. The van der Waals surface area contributed by atoms with Crippen LogP contribution < -0.4 is 16.0 Å². The predicted molar refractivity (Wildman–Crippen MR) is 142 cm³/mol. The second-order valence-corrected chi connectivity index (χ2v) is 10.7. The topological polar surface area (TPSA) is 131 Å². The van der Waals surface area contributed by atoms with Crippen molar-refractivity contribution in [1.29, 1.82) is 0 Å². The Morgan fingerprint density at radius 1 is 1.19 bits per heavy atom. The van der Waals surface area contributed by atoms with Crippen LogP contribution in [0.15, 0.2) is 88.8 Å². The molecule has 3 N–H and O–H groups in total. The Kier molecular flexibility index (Phi) is 6.12. The molecule has 1 aromatic heterocycles. The number of nitro groups is 1. The van der Waals surface area contributed by atoms with Crippen molar-refractivity contribution in [2.45, 2.75) is 32.6 Å². The molecule has 0 spiro atoms. The molecular weight excluding hydrogens is 490 g/mol. The highest BCUT2D eigenvalue weighted by molar-refractivity contribution is 7.13. The molecule has 9 nitrogen and oxygen atoms in total. The molecule has 1 aliphatic heterocycles. The Morgan fingerprint density at radius 2 is 1.95 bits per heavy atom. The summed E-state index contributed by atoms with van der Waals surface area (Å²) in [4.78, 5) is 44.6. The normalized spacial score (nSPS) is 19.0. The maximum Gasteiger partial charge on any atom is 0.269 e. The molecule has 10 heteroatoms. The standard InChI is InChI=1S/C27H25N5O4S/c1-27(2)14-19-22(20(33)15-27)21(16-7-6-10-18(13-16)32(35)36)23(25(34)30-26-29-11-12-37-26)24(28)31(19)17-8-4-3-5-9-17/h3-13,21H,14-15,28H2,1-2H3,(H,29,30,34)/t21-/m1/s1. The minimum atomic E-state index is -0.876. The fourth-order valence-electron chi connectivity index (χ4n) is 5.11. The fraction of sp³-hybridized carbons (Fsp3) is 0.222. The number of hydrogen-bond donors (Lipinski definition) is 2. The van der Waals surface area contributed by atoms with Crippen LogP contribution in [0, 0.1) is 15.5 Å². The number of benzene rings is 2. The summed E-state index contributed by atoms with van der Waals surface area (Å²) in [6.07, 6.45) is 2.39. The molecule has 1 aliphatic carbocycles. The SMILES string of the molecule is CC1(C)CC(=O)C2=C(C1)N(c1ccccc1)C(N)=C(C(=O)Nc1nccs1)[C@@H]2c1cccc([N+](=O)[O-])c1. The van der Waals surface area contributed by atoms with Gasteiger partial charge in [-0.25, -0.2) is 4.98 Å². The zero-order valence-corrected chi connectivity index (χ0v) is 21.1. The van der Waals surface area contributed by atoms with Gasteiger partial charge in [0, 0.05) is 53.0 Å². The smallest absolute Gasteiger partial charge is 0.269 e. The maximum absolute atomic E-state index is 13.8. The number of anilines is 2. The first kappa shape index (κ1) is 24.4. The highest BCUT2D eigenvalue weighted by Gasteiger charge is 2.46. The van der Waals surface area contributed by atoms with Gasteiger partial charge < -0.3 is 5.73 Å². The molecule has 2 aromatic carbocycles. The number of nitro benzene ring substituents is 1. The molecule has 5 rings (SSSR count). The Labute approximate surface area is 217 Å². The van der Waals surface area contributed by atoms with Gasteiger partial charge in [-0.2, -0.15) is 0 Å². The van der Waals surface area contributed by atoms with Gasteiger partial charge in [-0.3, -0.25) is 29.9 Å². The van der Waals surface area contributed by atoms with Crippen LogP contribution in [0.1, 0.15) is 38.2 Å². The number of ketones is 1. The van der Waals surface area contributed by atoms with Gasteiger partial charge in [-0.1, -0.05) is 44.2 Å². The Balaban J connectivity index is 1.77. The molecule has 0 saturated carbocycles. The summed E-state index contributed by atoms with van der Waals surface area (Å²) < 4.78 is 0. The minimum absolute atomic E-state index is 0.115. The van der Waals surface area contributed by atoms with Gasteiger partial charge in [-0.05, 0) is 29.5 Å². The first-order chi connectivity index (χ1) is 17.7. The van der Waals surface area contributed by atoms with Crippen molar-refractivity contribution in [2.75, 3.05) is 10.2 Å². The first-order valence-corrected chi connectivity index (χ1v) is 12.6. The fourth-order valence-corrected chi connectivity index (χ4v) is 5.63. The van der Waals surface area contributed by atoms with E-state index in [1.165, 1.54) is 23.5 Å². The molecule has 0 bridgehead atoms. The van der Waals surface area contributed by atoms with Crippen LogP contribution in [0.5, 0.6) is 0 Å². The molecule has 2 heterocycles. The van der Waals surface area contributed by atoms with Crippen molar-refractivity contribution in [1.82, 2.24) is 4.98 Å². The van der Waals surface area contributed by atoms with E-state index < -0.39 is 16.7 Å². The average Bonchev–Trinajstić information content (AvgIpc) is 3.36. The number of allylic oxidation sites excluding steroid dienone is 2. The maximum atomic E-state index is 13.8. The first-order valence-electron chi connectivity index (χ1n) is 11.7. The molecule has 0 saturated heterocycles. The van der Waals surface area contributed by atoms with Crippen LogP contribution in [0.25, 0.3) is 0 Å². The number of nitrogens with zero attached hydrogens (tertiary/aromatic N) is 3. The van der Waals surface area contributed by atoms with E-state index in [2.05, 4.69) is 10.3 Å². The summed E-state index contributed by atoms with van der Waals surface area (Å²) in [5.41, 5.74) is 8.78. The van der Waals surface area contributed by atoms with Gasteiger partial charge in [0.1, 0.15) is 5.82 Å². The summed E-state index contributed by atoms with van der Waals surface area (Å²) in [6, 6.07) is 15.4. The number of para-hydroxylation sites is 1. The molecule has 1 amide bonds. The van der Waals surface area contributed by atoms with E-state index in [0.717, 1.165) is 5.69 Å². The number of aromatic nitrogens is 1. The van der Waals surface area contributed by atoms with Gasteiger partial charge >= 0.3 is 0 Å². The lowest BCUT2D eigenvalue weighted by molar-refractivity contribution is -0.384. The van der Waals surface area contributed by atoms with Crippen molar-refractivity contribution in [3.8, 4) is 0 Å². The number of nitrogens with two attached hydrogens (primary N) is 1. The molecule has 3 aromatic rings. The van der Waals surface area contributed by atoms with Crippen molar-refractivity contribution in [3.05, 3.63) is 105 Å².